The lowest BCUT2D eigenvalue weighted by Crippen LogP contribution is -2.70. The van der Waals surface area contributed by atoms with Gasteiger partial charge < -0.3 is 5.32 Å². The van der Waals surface area contributed by atoms with Crippen molar-refractivity contribution in [3.05, 3.63) is 29.8 Å². The van der Waals surface area contributed by atoms with Gasteiger partial charge in [-0.15, -0.1) is 0 Å². The van der Waals surface area contributed by atoms with Gasteiger partial charge in [0, 0.05) is 18.3 Å². The molecule has 1 aromatic carbocycles. The molecule has 0 radical (unpaired) electrons. The van der Waals surface area contributed by atoms with E-state index in [4.69, 9.17) is 0 Å². The Morgan fingerprint density at radius 3 is 2.23 bits per heavy atom. The highest BCUT2D eigenvalue weighted by Gasteiger charge is 2.50. The third-order valence-corrected chi connectivity index (χ3v) is 7.74. The first-order valence-electron chi connectivity index (χ1n) is 11.3. The maximum absolute atomic E-state index is 13.6. The van der Waals surface area contributed by atoms with E-state index in [9.17, 15) is 18.0 Å². The van der Waals surface area contributed by atoms with Gasteiger partial charge in [-0.2, -0.15) is 4.31 Å². The molecule has 2 fully saturated rings. The number of nitrogens with zero attached hydrogens (tertiary/aromatic N) is 2. The van der Waals surface area contributed by atoms with E-state index in [1.54, 1.807) is 6.92 Å². The lowest BCUT2D eigenvalue weighted by molar-refractivity contribution is -0.133. The van der Waals surface area contributed by atoms with Gasteiger partial charge >= 0.3 is 0 Å². The number of piperazine rings is 1. The van der Waals surface area contributed by atoms with E-state index >= 15 is 0 Å². The molecule has 1 saturated carbocycles. The molecule has 0 bridgehead atoms. The monoisotopic (exact) mass is 449 g/mol. The molecule has 31 heavy (non-hydrogen) atoms. The lowest BCUT2D eigenvalue weighted by Gasteiger charge is -2.47. The lowest BCUT2D eigenvalue weighted by atomic mass is 9.92. The number of sulfonamides is 1. The molecular weight excluding hydrogens is 414 g/mol. The third kappa shape index (κ3) is 5.47. The van der Waals surface area contributed by atoms with E-state index in [0.29, 0.717) is 5.69 Å². The number of rotatable bonds is 5. The second kappa shape index (κ2) is 9.69. The molecule has 1 heterocycles. The summed E-state index contributed by atoms with van der Waals surface area (Å²) in [5.74, 6) is -0.685. The summed E-state index contributed by atoms with van der Waals surface area (Å²) in [6.45, 7) is 3.40. The van der Waals surface area contributed by atoms with Crippen molar-refractivity contribution in [1.29, 1.82) is 0 Å². The first-order chi connectivity index (χ1) is 14.6. The molecule has 2 amide bonds. The SMILES string of the molecule is CCc1ccc(N2C(=O)CN(S(C)(=O)=O)C[C@]2(C)C(=O)NC2CCCCCCC2)cc1. The number of anilines is 1. The van der Waals surface area contributed by atoms with Crippen LogP contribution in [0, 0.1) is 0 Å². The van der Waals surface area contributed by atoms with Gasteiger partial charge in [-0.25, -0.2) is 8.42 Å². The van der Waals surface area contributed by atoms with Crippen LogP contribution in [0.4, 0.5) is 5.69 Å². The standard InChI is InChI=1S/C23H35N3O4S/c1-4-18-12-14-20(15-13-18)26-21(27)16-25(31(3,29)30)17-23(26,2)22(28)24-19-10-8-6-5-7-9-11-19/h12-15,19H,4-11,16-17H2,1-3H3,(H,24,28)/t23-/m1/s1. The van der Waals surface area contributed by atoms with Crippen molar-refractivity contribution in [2.24, 2.45) is 0 Å². The number of carbonyl (C=O) groups excluding carboxylic acids is 2. The summed E-state index contributed by atoms with van der Waals surface area (Å²) in [5.41, 5.74) is 0.423. The van der Waals surface area contributed by atoms with Gasteiger partial charge in [-0.3, -0.25) is 14.5 Å². The molecule has 1 N–H and O–H groups in total. The minimum Gasteiger partial charge on any atom is -0.351 e. The van der Waals surface area contributed by atoms with Crippen LogP contribution in [-0.2, 0) is 26.0 Å². The number of benzene rings is 1. The van der Waals surface area contributed by atoms with E-state index < -0.39 is 21.5 Å². The molecule has 1 aliphatic carbocycles. The van der Waals surface area contributed by atoms with Crippen LogP contribution in [0.15, 0.2) is 24.3 Å². The van der Waals surface area contributed by atoms with E-state index in [2.05, 4.69) is 12.2 Å². The highest BCUT2D eigenvalue weighted by atomic mass is 32.2. The van der Waals surface area contributed by atoms with E-state index in [1.165, 1.54) is 24.2 Å². The number of nitrogens with one attached hydrogen (secondary N) is 1. The van der Waals surface area contributed by atoms with Crippen molar-refractivity contribution in [2.75, 3.05) is 24.2 Å². The first-order valence-corrected chi connectivity index (χ1v) is 13.2. The number of hydrogen-bond acceptors (Lipinski definition) is 4. The summed E-state index contributed by atoms with van der Waals surface area (Å²) in [7, 11) is -3.62. The van der Waals surface area contributed by atoms with Gasteiger partial charge in [-0.05, 0) is 43.9 Å². The van der Waals surface area contributed by atoms with Crippen LogP contribution in [-0.4, -0.2) is 55.5 Å². The zero-order chi connectivity index (χ0) is 22.6. The third-order valence-electron chi connectivity index (χ3n) is 6.54. The topological polar surface area (TPSA) is 86.8 Å². The summed E-state index contributed by atoms with van der Waals surface area (Å²) in [4.78, 5) is 28.2. The quantitative estimate of drug-likeness (QED) is 0.749. The van der Waals surface area contributed by atoms with Gasteiger partial charge in [-0.1, -0.05) is 51.2 Å². The van der Waals surface area contributed by atoms with Crippen LogP contribution in [0.3, 0.4) is 0 Å². The van der Waals surface area contributed by atoms with Crippen LogP contribution in [0.2, 0.25) is 0 Å². The number of carbonyl (C=O) groups is 2. The molecule has 1 atom stereocenters. The predicted octanol–water partition coefficient (Wildman–Crippen LogP) is 2.84. The van der Waals surface area contributed by atoms with Gasteiger partial charge in [0.2, 0.25) is 21.8 Å². The normalized spacial score (nSPS) is 24.5. The van der Waals surface area contributed by atoms with Crippen molar-refractivity contribution in [2.45, 2.75) is 76.8 Å². The smallest absolute Gasteiger partial charge is 0.247 e. The summed E-state index contributed by atoms with van der Waals surface area (Å²) < 4.78 is 25.6. The highest BCUT2D eigenvalue weighted by Crippen LogP contribution is 2.31. The first kappa shape index (κ1) is 23.7. The molecule has 0 unspecified atom stereocenters. The average Bonchev–Trinajstić information content (AvgIpc) is 2.69. The van der Waals surface area contributed by atoms with Gasteiger partial charge in [0.05, 0.1) is 12.8 Å². The second-order valence-electron chi connectivity index (χ2n) is 9.07. The molecule has 1 aliphatic heterocycles. The molecule has 0 spiro atoms. The van der Waals surface area contributed by atoms with Crippen molar-refractivity contribution >= 4 is 27.5 Å². The van der Waals surface area contributed by atoms with Gasteiger partial charge in [0.1, 0.15) is 5.54 Å². The Morgan fingerprint density at radius 1 is 1.10 bits per heavy atom. The summed E-state index contributed by atoms with van der Waals surface area (Å²) >= 11 is 0. The Bertz CT molecular complexity index is 892. The zero-order valence-corrected chi connectivity index (χ0v) is 19.7. The van der Waals surface area contributed by atoms with Crippen LogP contribution in [0.25, 0.3) is 0 Å². The van der Waals surface area contributed by atoms with Crippen molar-refractivity contribution in [1.82, 2.24) is 9.62 Å². The van der Waals surface area contributed by atoms with Crippen LogP contribution >= 0.6 is 0 Å². The summed E-state index contributed by atoms with van der Waals surface area (Å²) in [6, 6.07) is 7.62. The molecule has 3 rings (SSSR count). The van der Waals surface area contributed by atoms with Gasteiger partial charge in [0.25, 0.3) is 0 Å². The fourth-order valence-corrected chi connectivity index (χ4v) is 5.46. The minimum absolute atomic E-state index is 0.0534. The van der Waals surface area contributed by atoms with E-state index in [0.717, 1.165) is 48.2 Å². The number of amides is 2. The Kier molecular flexibility index (Phi) is 7.42. The largest absolute Gasteiger partial charge is 0.351 e. The highest BCUT2D eigenvalue weighted by molar-refractivity contribution is 7.88. The van der Waals surface area contributed by atoms with Crippen LogP contribution in [0.1, 0.15) is 64.4 Å². The van der Waals surface area contributed by atoms with Crippen molar-refractivity contribution < 1.29 is 18.0 Å². The maximum atomic E-state index is 13.6. The zero-order valence-electron chi connectivity index (χ0n) is 18.9. The van der Waals surface area contributed by atoms with Crippen molar-refractivity contribution in [3.63, 3.8) is 0 Å². The number of aryl methyl sites for hydroxylation is 1. The molecule has 2 aliphatic rings. The number of hydrogen-bond donors (Lipinski definition) is 1. The average molecular weight is 450 g/mol. The molecule has 172 valence electrons. The summed E-state index contributed by atoms with van der Waals surface area (Å²) in [6.07, 6.45) is 9.48. The molecule has 0 aromatic heterocycles. The fraction of sp³-hybridized carbons (Fsp3) is 0.652. The predicted molar refractivity (Wildman–Crippen MR) is 122 cm³/mol. The van der Waals surface area contributed by atoms with E-state index in [-0.39, 0.29) is 25.0 Å². The Labute approximate surface area is 186 Å². The molecule has 7 nitrogen and oxygen atoms in total. The molecule has 1 saturated heterocycles. The van der Waals surface area contributed by atoms with Crippen LogP contribution < -0.4 is 10.2 Å². The fourth-order valence-electron chi connectivity index (χ4n) is 4.63. The maximum Gasteiger partial charge on any atom is 0.247 e. The Morgan fingerprint density at radius 2 is 1.68 bits per heavy atom. The Hall–Kier alpha value is -1.93. The second-order valence-corrected chi connectivity index (χ2v) is 11.1. The molecular formula is C23H35N3O4S. The van der Waals surface area contributed by atoms with Crippen LogP contribution in [0.5, 0.6) is 0 Å². The van der Waals surface area contributed by atoms with Gasteiger partial charge in [0.15, 0.2) is 0 Å². The van der Waals surface area contributed by atoms with E-state index in [1.807, 2.05) is 24.3 Å². The van der Waals surface area contributed by atoms with Crippen molar-refractivity contribution in [3.8, 4) is 0 Å². The summed E-state index contributed by atoms with van der Waals surface area (Å²) in [5, 5.41) is 3.16. The molecule has 8 heteroatoms. The Balaban J connectivity index is 1.93. The molecule has 1 aromatic rings. The minimum atomic E-state index is -3.62.